The minimum absolute atomic E-state index is 0.371. The lowest BCUT2D eigenvalue weighted by atomic mass is 10.1. The third kappa shape index (κ3) is 2.09. The standard InChI is InChI=1S/C18H14ClN3O2/c1-10-5-3-4-6-13(10)22-15-12-9-11(19)7-8-14(12)24-16(15)17(20-2)21-18(22)23/h3-9H,1-2H3,(H,20,21,23). The number of nitrogens with zero attached hydrogens (tertiary/aromatic N) is 2. The number of rotatable bonds is 2. The second-order valence-corrected chi connectivity index (χ2v) is 5.97. The fourth-order valence-corrected chi connectivity index (χ4v) is 3.11. The normalized spacial score (nSPS) is 11.3. The Balaban J connectivity index is 2.27. The number of aryl methyl sites for hydroxylation is 1. The lowest BCUT2D eigenvalue weighted by Crippen LogP contribution is -2.23. The third-order valence-corrected chi connectivity index (χ3v) is 4.29. The van der Waals surface area contributed by atoms with Crippen molar-refractivity contribution >= 4 is 39.5 Å². The van der Waals surface area contributed by atoms with Gasteiger partial charge in [0.1, 0.15) is 11.1 Å². The molecule has 4 rings (SSSR count). The quantitative estimate of drug-likeness (QED) is 0.596. The first-order valence-corrected chi connectivity index (χ1v) is 7.86. The molecule has 0 saturated carbocycles. The number of hydrogen-bond donors (Lipinski definition) is 1. The Morgan fingerprint density at radius 2 is 2.00 bits per heavy atom. The molecule has 5 nitrogen and oxygen atoms in total. The molecule has 0 fully saturated rings. The van der Waals surface area contributed by atoms with Crippen molar-refractivity contribution in [1.82, 2.24) is 9.55 Å². The molecule has 0 atom stereocenters. The van der Waals surface area contributed by atoms with Crippen LogP contribution in [0.4, 0.5) is 5.82 Å². The van der Waals surface area contributed by atoms with Crippen LogP contribution in [-0.4, -0.2) is 16.6 Å². The fourth-order valence-electron chi connectivity index (χ4n) is 2.94. The van der Waals surface area contributed by atoms with Crippen LogP contribution in [0, 0.1) is 6.92 Å². The van der Waals surface area contributed by atoms with Gasteiger partial charge in [-0.25, -0.2) is 4.79 Å². The maximum absolute atomic E-state index is 12.7. The highest BCUT2D eigenvalue weighted by atomic mass is 35.5. The summed E-state index contributed by atoms with van der Waals surface area (Å²) in [5, 5.41) is 4.28. The lowest BCUT2D eigenvalue weighted by Gasteiger charge is -2.11. The summed E-state index contributed by atoms with van der Waals surface area (Å²) in [6, 6.07) is 13.0. The number of hydrogen-bond acceptors (Lipinski definition) is 4. The van der Waals surface area contributed by atoms with Crippen molar-refractivity contribution < 1.29 is 4.42 Å². The summed E-state index contributed by atoms with van der Waals surface area (Å²) in [6.07, 6.45) is 0. The number of nitrogens with one attached hydrogen (secondary N) is 1. The minimum atomic E-state index is -0.371. The molecule has 0 bridgehead atoms. The first-order chi connectivity index (χ1) is 11.6. The number of halogens is 1. The summed E-state index contributed by atoms with van der Waals surface area (Å²) in [6.45, 7) is 1.95. The number of aromatic nitrogens is 2. The molecule has 6 heteroatoms. The van der Waals surface area contributed by atoms with Gasteiger partial charge in [0.2, 0.25) is 0 Å². The van der Waals surface area contributed by atoms with E-state index in [1.54, 1.807) is 29.8 Å². The summed E-state index contributed by atoms with van der Waals surface area (Å²) in [7, 11) is 1.71. The van der Waals surface area contributed by atoms with Gasteiger partial charge < -0.3 is 9.73 Å². The molecular formula is C18H14ClN3O2. The van der Waals surface area contributed by atoms with Gasteiger partial charge in [-0.2, -0.15) is 4.98 Å². The van der Waals surface area contributed by atoms with Gasteiger partial charge in [0.05, 0.1) is 5.69 Å². The summed E-state index contributed by atoms with van der Waals surface area (Å²) in [4.78, 5) is 16.9. The van der Waals surface area contributed by atoms with Crippen molar-refractivity contribution in [1.29, 1.82) is 0 Å². The molecule has 0 radical (unpaired) electrons. The van der Waals surface area contributed by atoms with Crippen LogP contribution in [0.3, 0.4) is 0 Å². The van der Waals surface area contributed by atoms with Gasteiger partial charge in [0.15, 0.2) is 11.4 Å². The van der Waals surface area contributed by atoms with E-state index in [0.717, 1.165) is 16.6 Å². The van der Waals surface area contributed by atoms with Gasteiger partial charge >= 0.3 is 5.69 Å². The van der Waals surface area contributed by atoms with Gasteiger partial charge in [-0.1, -0.05) is 29.8 Å². The van der Waals surface area contributed by atoms with Crippen molar-refractivity contribution in [3.63, 3.8) is 0 Å². The van der Waals surface area contributed by atoms with Crippen LogP contribution in [0.2, 0.25) is 5.02 Å². The smallest absolute Gasteiger partial charge is 0.354 e. The topological polar surface area (TPSA) is 60.1 Å². The molecule has 2 aromatic heterocycles. The Kier molecular flexibility index (Phi) is 3.32. The highest BCUT2D eigenvalue weighted by molar-refractivity contribution is 6.31. The van der Waals surface area contributed by atoms with Crippen molar-refractivity contribution in [2.75, 3.05) is 12.4 Å². The Morgan fingerprint density at radius 3 is 2.75 bits per heavy atom. The Labute approximate surface area is 142 Å². The van der Waals surface area contributed by atoms with Crippen LogP contribution in [0.15, 0.2) is 51.7 Å². The summed E-state index contributed by atoms with van der Waals surface area (Å²) in [5.41, 5.74) is 3.20. The molecule has 4 aromatic rings. The van der Waals surface area contributed by atoms with Crippen LogP contribution in [0.5, 0.6) is 0 Å². The number of furan rings is 1. The monoisotopic (exact) mass is 339 g/mol. The van der Waals surface area contributed by atoms with Gasteiger partial charge in [0.25, 0.3) is 0 Å². The van der Waals surface area contributed by atoms with E-state index in [0.29, 0.717) is 27.5 Å². The number of benzene rings is 2. The molecule has 0 aliphatic rings. The van der Waals surface area contributed by atoms with Crippen molar-refractivity contribution in [2.24, 2.45) is 0 Å². The Morgan fingerprint density at radius 1 is 1.21 bits per heavy atom. The number of para-hydroxylation sites is 1. The predicted octanol–water partition coefficient (Wildman–Crippen LogP) is 4.14. The SMILES string of the molecule is CNc1nc(=O)n(-c2ccccc2C)c2c1oc1ccc(Cl)cc12. The summed E-state index contributed by atoms with van der Waals surface area (Å²) >= 11 is 6.16. The molecule has 0 aliphatic carbocycles. The first kappa shape index (κ1) is 14.8. The zero-order chi connectivity index (χ0) is 16.8. The van der Waals surface area contributed by atoms with Gasteiger partial charge in [-0.3, -0.25) is 4.57 Å². The van der Waals surface area contributed by atoms with E-state index in [9.17, 15) is 4.79 Å². The van der Waals surface area contributed by atoms with E-state index in [1.165, 1.54) is 0 Å². The van der Waals surface area contributed by atoms with Crippen molar-refractivity contribution in [3.8, 4) is 5.69 Å². The van der Waals surface area contributed by atoms with Crippen LogP contribution in [0.25, 0.3) is 27.8 Å². The van der Waals surface area contributed by atoms with E-state index < -0.39 is 0 Å². The highest BCUT2D eigenvalue weighted by Crippen LogP contribution is 2.34. The van der Waals surface area contributed by atoms with E-state index in [1.807, 2.05) is 31.2 Å². The number of anilines is 1. The molecule has 0 aliphatic heterocycles. The zero-order valence-electron chi connectivity index (χ0n) is 13.1. The molecule has 2 aromatic carbocycles. The average molecular weight is 340 g/mol. The van der Waals surface area contributed by atoms with E-state index in [-0.39, 0.29) is 5.69 Å². The highest BCUT2D eigenvalue weighted by Gasteiger charge is 2.19. The van der Waals surface area contributed by atoms with Crippen molar-refractivity contribution in [2.45, 2.75) is 6.92 Å². The second-order valence-electron chi connectivity index (χ2n) is 5.54. The van der Waals surface area contributed by atoms with Gasteiger partial charge in [-0.15, -0.1) is 0 Å². The van der Waals surface area contributed by atoms with Crippen LogP contribution in [-0.2, 0) is 0 Å². The van der Waals surface area contributed by atoms with Crippen LogP contribution >= 0.6 is 11.6 Å². The average Bonchev–Trinajstić information content (AvgIpc) is 2.94. The predicted molar refractivity (Wildman–Crippen MR) is 96.4 cm³/mol. The Bertz CT molecular complexity index is 1140. The number of fused-ring (bicyclic) bond motifs is 3. The molecule has 2 heterocycles. The van der Waals surface area contributed by atoms with Crippen LogP contribution < -0.4 is 11.0 Å². The molecular weight excluding hydrogens is 326 g/mol. The second kappa shape index (κ2) is 5.39. The molecule has 0 unspecified atom stereocenters. The maximum Gasteiger partial charge on any atom is 0.354 e. The van der Waals surface area contributed by atoms with Crippen molar-refractivity contribution in [3.05, 3.63) is 63.5 Å². The summed E-state index contributed by atoms with van der Waals surface area (Å²) < 4.78 is 7.52. The van der Waals surface area contributed by atoms with Crippen LogP contribution in [0.1, 0.15) is 5.56 Å². The maximum atomic E-state index is 12.7. The molecule has 120 valence electrons. The molecule has 24 heavy (non-hydrogen) atoms. The zero-order valence-corrected chi connectivity index (χ0v) is 13.9. The molecule has 0 amide bonds. The van der Waals surface area contributed by atoms with Gasteiger partial charge in [0, 0.05) is 17.5 Å². The molecule has 1 N–H and O–H groups in total. The van der Waals surface area contributed by atoms with E-state index >= 15 is 0 Å². The van der Waals surface area contributed by atoms with E-state index in [4.69, 9.17) is 16.0 Å². The molecule has 0 spiro atoms. The fraction of sp³-hybridized carbons (Fsp3) is 0.111. The van der Waals surface area contributed by atoms with Gasteiger partial charge in [-0.05, 0) is 36.8 Å². The summed E-state index contributed by atoms with van der Waals surface area (Å²) in [5.74, 6) is 0.409. The third-order valence-electron chi connectivity index (χ3n) is 4.05. The minimum Gasteiger partial charge on any atom is -0.450 e. The first-order valence-electron chi connectivity index (χ1n) is 7.48. The molecule has 0 saturated heterocycles. The lowest BCUT2D eigenvalue weighted by molar-refractivity contribution is 0.664. The van der Waals surface area contributed by atoms with E-state index in [2.05, 4.69) is 10.3 Å². The Hall–Kier alpha value is -2.79. The largest absolute Gasteiger partial charge is 0.450 e.